The van der Waals surface area contributed by atoms with Gasteiger partial charge in [-0.25, -0.2) is 0 Å². The first kappa shape index (κ1) is 13.1. The van der Waals surface area contributed by atoms with E-state index in [4.69, 9.17) is 16.2 Å². The average Bonchev–Trinajstić information content (AvgIpc) is 2.60. The lowest BCUT2D eigenvalue weighted by Gasteiger charge is -2.43. The molecule has 6 nitrogen and oxygen atoms in total. The van der Waals surface area contributed by atoms with Crippen LogP contribution in [0.4, 0.5) is 11.4 Å². The Bertz CT molecular complexity index is 558. The van der Waals surface area contributed by atoms with Crippen molar-refractivity contribution < 1.29 is 9.53 Å². The predicted molar refractivity (Wildman–Crippen MR) is 77.5 cm³/mol. The molecule has 0 radical (unpaired) electrons. The van der Waals surface area contributed by atoms with Gasteiger partial charge in [-0.2, -0.15) is 0 Å². The van der Waals surface area contributed by atoms with E-state index >= 15 is 0 Å². The van der Waals surface area contributed by atoms with Crippen LogP contribution < -0.4 is 21.1 Å². The molecule has 0 aliphatic carbocycles. The normalized spacial score (nSPS) is 23.9. The molecular weight excluding hydrogens is 256 g/mol. The van der Waals surface area contributed by atoms with Gasteiger partial charge in [0, 0.05) is 12.2 Å². The number of nitrogen functional groups attached to an aromatic ring is 1. The number of hydrogen-bond acceptors (Lipinski definition) is 5. The Balaban J connectivity index is 2.01. The van der Waals surface area contributed by atoms with E-state index in [0.29, 0.717) is 12.3 Å². The lowest BCUT2D eigenvalue weighted by molar-refractivity contribution is -0.119. The maximum absolute atomic E-state index is 11.3. The summed E-state index contributed by atoms with van der Waals surface area (Å²) in [5.74, 6) is 0.524. The number of hydrogen-bond donors (Lipinski definition) is 2. The Morgan fingerprint density at radius 1 is 1.50 bits per heavy atom. The monoisotopic (exact) mass is 276 g/mol. The lowest BCUT2D eigenvalue weighted by atomic mass is 10.1. The van der Waals surface area contributed by atoms with E-state index in [1.54, 1.807) is 0 Å². The molecule has 1 unspecified atom stereocenters. The molecule has 2 aliphatic heterocycles. The highest BCUT2D eigenvalue weighted by Gasteiger charge is 2.48. The predicted octanol–water partition coefficient (Wildman–Crippen LogP) is 0.373. The van der Waals surface area contributed by atoms with Gasteiger partial charge in [-0.1, -0.05) is 0 Å². The van der Waals surface area contributed by atoms with Crippen LogP contribution in [0.25, 0.3) is 0 Å². The van der Waals surface area contributed by atoms with Crippen molar-refractivity contribution in [3.05, 3.63) is 18.2 Å². The Morgan fingerprint density at radius 2 is 2.25 bits per heavy atom. The van der Waals surface area contributed by atoms with Gasteiger partial charge in [-0.15, -0.1) is 0 Å². The third-order valence-electron chi connectivity index (χ3n) is 4.18. The van der Waals surface area contributed by atoms with Gasteiger partial charge in [0.25, 0.3) is 0 Å². The fraction of sp³-hybridized carbons (Fsp3) is 0.500. The second-order valence-corrected chi connectivity index (χ2v) is 5.90. The molecule has 1 fully saturated rings. The average molecular weight is 276 g/mol. The summed E-state index contributed by atoms with van der Waals surface area (Å²) in [5.41, 5.74) is 12.6. The van der Waals surface area contributed by atoms with Gasteiger partial charge in [0.15, 0.2) is 0 Å². The summed E-state index contributed by atoms with van der Waals surface area (Å²) >= 11 is 0. The number of carbonyl (C=O) groups excluding carboxylic acids is 1. The Kier molecular flexibility index (Phi) is 2.79. The molecule has 4 N–H and O–H groups in total. The van der Waals surface area contributed by atoms with Crippen LogP contribution in [0.2, 0.25) is 0 Å². The molecule has 20 heavy (non-hydrogen) atoms. The third-order valence-corrected chi connectivity index (χ3v) is 4.18. The molecule has 108 valence electrons. The van der Waals surface area contributed by atoms with Crippen molar-refractivity contribution >= 4 is 17.3 Å². The van der Waals surface area contributed by atoms with E-state index in [0.717, 1.165) is 18.0 Å². The zero-order valence-corrected chi connectivity index (χ0v) is 11.8. The fourth-order valence-electron chi connectivity index (χ4n) is 3.25. The van der Waals surface area contributed by atoms with Crippen LogP contribution >= 0.6 is 0 Å². The van der Waals surface area contributed by atoms with Gasteiger partial charge in [0.1, 0.15) is 12.4 Å². The topological polar surface area (TPSA) is 84.8 Å². The van der Waals surface area contributed by atoms with Gasteiger partial charge in [0.05, 0.1) is 23.9 Å². The summed E-state index contributed by atoms with van der Waals surface area (Å²) < 4.78 is 5.80. The molecule has 6 heteroatoms. The number of anilines is 2. The van der Waals surface area contributed by atoms with Crippen LogP contribution in [-0.4, -0.2) is 42.2 Å². The minimum atomic E-state index is -0.313. The van der Waals surface area contributed by atoms with Crippen LogP contribution in [0.5, 0.6) is 5.75 Å². The molecule has 3 rings (SSSR count). The van der Waals surface area contributed by atoms with Crippen molar-refractivity contribution in [2.45, 2.75) is 25.6 Å². The number of fused-ring (bicyclic) bond motifs is 3. The van der Waals surface area contributed by atoms with Crippen molar-refractivity contribution in [3.8, 4) is 5.75 Å². The number of ether oxygens (including phenoxy) is 1. The Labute approximate surface area is 118 Å². The van der Waals surface area contributed by atoms with Crippen LogP contribution in [-0.2, 0) is 4.79 Å². The van der Waals surface area contributed by atoms with Crippen LogP contribution in [0.1, 0.15) is 13.8 Å². The minimum Gasteiger partial charge on any atom is -0.489 e. The molecule has 0 aromatic heterocycles. The fourth-order valence-corrected chi connectivity index (χ4v) is 3.25. The second kappa shape index (κ2) is 4.28. The quantitative estimate of drug-likeness (QED) is 0.763. The standard InChI is InChI=1S/C14H20N4O2/c1-14(2)17(7-13(16)19)6-10-8-20-12-4-3-9(15)5-11(12)18(10)14/h3-5,10H,6-8,15H2,1-2H3,(H2,16,19). The van der Waals surface area contributed by atoms with Crippen LogP contribution in [0.15, 0.2) is 18.2 Å². The lowest BCUT2D eigenvalue weighted by Crippen LogP contribution is -2.53. The number of rotatable bonds is 2. The smallest absolute Gasteiger partial charge is 0.231 e. The van der Waals surface area contributed by atoms with Gasteiger partial charge >= 0.3 is 0 Å². The van der Waals surface area contributed by atoms with E-state index < -0.39 is 0 Å². The maximum Gasteiger partial charge on any atom is 0.231 e. The molecule has 0 spiro atoms. The molecule has 2 heterocycles. The van der Waals surface area contributed by atoms with Crippen LogP contribution in [0.3, 0.4) is 0 Å². The zero-order chi connectivity index (χ0) is 14.5. The van der Waals surface area contributed by atoms with E-state index in [1.807, 2.05) is 18.2 Å². The SMILES string of the molecule is CC1(C)N(CC(N)=O)CC2COc3ccc(N)cc3N21. The number of carbonyl (C=O) groups is 1. The van der Waals surface area contributed by atoms with Crippen molar-refractivity contribution in [3.63, 3.8) is 0 Å². The highest BCUT2D eigenvalue weighted by Crippen LogP contribution is 2.44. The number of benzene rings is 1. The highest BCUT2D eigenvalue weighted by molar-refractivity contribution is 5.76. The van der Waals surface area contributed by atoms with Gasteiger partial charge in [0.2, 0.25) is 5.91 Å². The number of primary amides is 1. The summed E-state index contributed by atoms with van der Waals surface area (Å²) in [6.45, 7) is 5.79. The molecule has 1 saturated heterocycles. The van der Waals surface area contributed by atoms with Crippen molar-refractivity contribution in [1.29, 1.82) is 0 Å². The molecule has 1 atom stereocenters. The van der Waals surface area contributed by atoms with Crippen LogP contribution in [0, 0.1) is 0 Å². The minimum absolute atomic E-state index is 0.207. The Hall–Kier alpha value is -1.95. The summed E-state index contributed by atoms with van der Waals surface area (Å²) in [4.78, 5) is 15.6. The summed E-state index contributed by atoms with van der Waals surface area (Å²) in [6.07, 6.45) is 0. The molecule has 0 bridgehead atoms. The van der Waals surface area contributed by atoms with Crippen molar-refractivity contribution in [1.82, 2.24) is 4.90 Å². The first-order valence-electron chi connectivity index (χ1n) is 6.74. The summed E-state index contributed by atoms with van der Waals surface area (Å²) in [6, 6.07) is 5.87. The molecule has 1 aromatic carbocycles. The maximum atomic E-state index is 11.3. The third kappa shape index (κ3) is 1.87. The molecule has 1 amide bonds. The van der Waals surface area contributed by atoms with E-state index in [-0.39, 0.29) is 24.2 Å². The Morgan fingerprint density at radius 3 is 2.95 bits per heavy atom. The molecule has 0 saturated carbocycles. The zero-order valence-electron chi connectivity index (χ0n) is 11.8. The second-order valence-electron chi connectivity index (χ2n) is 5.90. The van der Waals surface area contributed by atoms with E-state index in [9.17, 15) is 4.79 Å². The van der Waals surface area contributed by atoms with E-state index in [2.05, 4.69) is 23.6 Å². The molecule has 1 aromatic rings. The van der Waals surface area contributed by atoms with Gasteiger partial charge in [-0.3, -0.25) is 9.69 Å². The highest BCUT2D eigenvalue weighted by atomic mass is 16.5. The van der Waals surface area contributed by atoms with Crippen molar-refractivity contribution in [2.75, 3.05) is 30.3 Å². The first-order valence-corrected chi connectivity index (χ1v) is 6.74. The largest absolute Gasteiger partial charge is 0.489 e. The summed E-state index contributed by atoms with van der Waals surface area (Å²) in [5, 5.41) is 0. The number of nitrogens with zero attached hydrogens (tertiary/aromatic N) is 2. The number of amides is 1. The first-order chi connectivity index (χ1) is 9.39. The number of nitrogens with two attached hydrogens (primary N) is 2. The van der Waals surface area contributed by atoms with Crippen molar-refractivity contribution in [2.24, 2.45) is 5.73 Å². The summed E-state index contributed by atoms with van der Waals surface area (Å²) in [7, 11) is 0. The molecular formula is C14H20N4O2. The van der Waals surface area contributed by atoms with Gasteiger partial charge in [-0.05, 0) is 32.0 Å². The van der Waals surface area contributed by atoms with E-state index in [1.165, 1.54) is 0 Å². The molecule has 2 aliphatic rings. The van der Waals surface area contributed by atoms with Gasteiger partial charge < -0.3 is 21.1 Å².